The van der Waals surface area contributed by atoms with Gasteiger partial charge in [-0.05, 0) is 50.3 Å². The predicted molar refractivity (Wildman–Crippen MR) is 91.9 cm³/mol. The number of ether oxygens (including phenoxy) is 2. The van der Waals surface area contributed by atoms with E-state index in [0.717, 1.165) is 30.4 Å². The molecule has 1 fully saturated rings. The third-order valence-electron chi connectivity index (χ3n) is 4.87. The van der Waals surface area contributed by atoms with Gasteiger partial charge < -0.3 is 19.5 Å². The molecule has 0 spiro atoms. The van der Waals surface area contributed by atoms with E-state index >= 15 is 0 Å². The molecular formula is C19H32NO3+. The molecule has 1 unspecified atom stereocenters. The van der Waals surface area contributed by atoms with Crippen LogP contribution >= 0.6 is 0 Å². The van der Waals surface area contributed by atoms with Crippen molar-refractivity contribution in [3.63, 3.8) is 0 Å². The number of rotatable bonds is 9. The lowest BCUT2D eigenvalue weighted by Gasteiger charge is -2.31. The molecule has 4 nitrogen and oxygen atoms in total. The first kappa shape index (κ1) is 18.2. The van der Waals surface area contributed by atoms with Gasteiger partial charge in [0.1, 0.15) is 18.4 Å². The van der Waals surface area contributed by atoms with Crippen molar-refractivity contribution in [1.29, 1.82) is 0 Å². The van der Waals surface area contributed by atoms with E-state index in [4.69, 9.17) is 9.47 Å². The van der Waals surface area contributed by atoms with Gasteiger partial charge in [-0.2, -0.15) is 0 Å². The number of aliphatic hydroxyl groups excluding tert-OH is 1. The van der Waals surface area contributed by atoms with Crippen molar-refractivity contribution in [2.75, 3.05) is 26.8 Å². The van der Waals surface area contributed by atoms with E-state index in [0.29, 0.717) is 13.2 Å². The van der Waals surface area contributed by atoms with E-state index in [2.05, 4.69) is 6.92 Å². The maximum atomic E-state index is 10.3. The van der Waals surface area contributed by atoms with E-state index < -0.39 is 0 Å². The van der Waals surface area contributed by atoms with Gasteiger partial charge in [-0.25, -0.2) is 0 Å². The Kier molecular flexibility index (Phi) is 7.86. The molecule has 0 bridgehead atoms. The second kappa shape index (κ2) is 9.91. The van der Waals surface area contributed by atoms with Gasteiger partial charge in [-0.1, -0.05) is 18.6 Å². The third-order valence-corrected chi connectivity index (χ3v) is 4.87. The van der Waals surface area contributed by atoms with Crippen molar-refractivity contribution in [1.82, 2.24) is 0 Å². The first-order chi connectivity index (χ1) is 11.2. The first-order valence-corrected chi connectivity index (χ1v) is 8.96. The van der Waals surface area contributed by atoms with Crippen molar-refractivity contribution in [2.45, 2.75) is 57.8 Å². The lowest BCUT2D eigenvalue weighted by molar-refractivity contribution is -0.928. The number of hydrogen-bond acceptors (Lipinski definition) is 3. The normalized spacial score (nSPS) is 18.6. The molecule has 1 aromatic carbocycles. The Morgan fingerprint density at radius 1 is 1.17 bits per heavy atom. The van der Waals surface area contributed by atoms with E-state index in [1.807, 2.05) is 24.3 Å². The van der Waals surface area contributed by atoms with Crippen LogP contribution in [0.5, 0.6) is 5.75 Å². The molecule has 23 heavy (non-hydrogen) atoms. The highest BCUT2D eigenvalue weighted by Crippen LogP contribution is 2.15. The van der Waals surface area contributed by atoms with Crippen LogP contribution in [0.2, 0.25) is 0 Å². The molecule has 130 valence electrons. The van der Waals surface area contributed by atoms with Crippen LogP contribution < -0.4 is 9.64 Å². The fourth-order valence-electron chi connectivity index (χ4n) is 3.51. The van der Waals surface area contributed by atoms with Crippen LogP contribution in [0.4, 0.5) is 0 Å². The largest absolute Gasteiger partial charge is 0.497 e. The number of benzene rings is 1. The summed E-state index contributed by atoms with van der Waals surface area (Å²) in [5.74, 6) is 0.850. The molecule has 2 N–H and O–H groups in total. The summed E-state index contributed by atoms with van der Waals surface area (Å²) in [4.78, 5) is 1.53. The van der Waals surface area contributed by atoms with Gasteiger partial charge in [0.05, 0.1) is 32.9 Å². The Balaban J connectivity index is 1.69. The second-order valence-corrected chi connectivity index (χ2v) is 6.57. The number of hydrogen-bond donors (Lipinski definition) is 2. The topological polar surface area (TPSA) is 43.1 Å². The summed E-state index contributed by atoms with van der Waals surface area (Å²) < 4.78 is 10.8. The van der Waals surface area contributed by atoms with E-state index in [1.54, 1.807) is 7.11 Å². The minimum atomic E-state index is -0.384. The van der Waals surface area contributed by atoms with Crippen molar-refractivity contribution >= 4 is 0 Å². The van der Waals surface area contributed by atoms with E-state index in [-0.39, 0.29) is 6.10 Å². The molecule has 1 aromatic rings. The first-order valence-electron chi connectivity index (χ1n) is 8.96. The average Bonchev–Trinajstić information content (AvgIpc) is 2.61. The predicted octanol–water partition coefficient (Wildman–Crippen LogP) is 1.81. The zero-order chi connectivity index (χ0) is 16.5. The molecule has 1 saturated carbocycles. The Bertz CT molecular complexity index is 429. The lowest BCUT2D eigenvalue weighted by Crippen LogP contribution is -3.16. The summed E-state index contributed by atoms with van der Waals surface area (Å²) in [6.07, 6.45) is 6.30. The fourth-order valence-corrected chi connectivity index (χ4v) is 3.51. The van der Waals surface area contributed by atoms with Crippen LogP contribution in [0.15, 0.2) is 24.3 Å². The average molecular weight is 322 g/mol. The number of aliphatic hydroxyl groups is 1. The summed E-state index contributed by atoms with van der Waals surface area (Å²) in [7, 11) is 1.66. The maximum Gasteiger partial charge on any atom is 0.126 e. The van der Waals surface area contributed by atoms with Gasteiger partial charge in [0.25, 0.3) is 0 Å². The minimum Gasteiger partial charge on any atom is -0.497 e. The number of likely N-dealkylation sites (N-methyl/N-ethyl adjacent to an activating group) is 1. The van der Waals surface area contributed by atoms with Crippen LogP contribution in [0.3, 0.4) is 0 Å². The zero-order valence-electron chi connectivity index (χ0n) is 14.6. The molecule has 0 amide bonds. The highest BCUT2D eigenvalue weighted by atomic mass is 16.5. The monoisotopic (exact) mass is 322 g/mol. The molecule has 2 atom stereocenters. The second-order valence-electron chi connectivity index (χ2n) is 6.57. The van der Waals surface area contributed by atoms with Crippen molar-refractivity contribution in [3.8, 4) is 5.75 Å². The molecule has 0 radical (unpaired) electrons. The highest BCUT2D eigenvalue weighted by molar-refractivity contribution is 5.26. The van der Waals surface area contributed by atoms with Crippen LogP contribution in [-0.4, -0.2) is 44.1 Å². The lowest BCUT2D eigenvalue weighted by atomic mass is 9.94. The Morgan fingerprint density at radius 2 is 1.87 bits per heavy atom. The Labute approximate surface area is 140 Å². The van der Waals surface area contributed by atoms with Gasteiger partial charge in [0, 0.05) is 0 Å². The standard InChI is InChI=1S/C19H31NO3/c1-3-20(17-7-5-4-6-8-17)13-18(21)15-23-14-16-9-11-19(22-2)12-10-16/h9-12,17-18,21H,3-8,13-15H2,1-2H3/p+1/t18-/m1/s1. The Hall–Kier alpha value is -1.10. The number of nitrogens with one attached hydrogen (secondary N) is 1. The third kappa shape index (κ3) is 6.13. The minimum absolute atomic E-state index is 0.384. The SMILES string of the molecule is CC[NH+](C[C@@H](O)COCc1ccc(OC)cc1)C1CCCCC1. The number of quaternary nitrogens is 1. The van der Waals surface area contributed by atoms with Gasteiger partial charge in [0.2, 0.25) is 0 Å². The fraction of sp³-hybridized carbons (Fsp3) is 0.684. The molecule has 0 saturated heterocycles. The van der Waals surface area contributed by atoms with Crippen molar-refractivity contribution in [2.24, 2.45) is 0 Å². The van der Waals surface area contributed by atoms with Crippen LogP contribution in [0.25, 0.3) is 0 Å². The van der Waals surface area contributed by atoms with Gasteiger partial charge in [-0.15, -0.1) is 0 Å². The molecule has 0 aliphatic heterocycles. The summed E-state index contributed by atoms with van der Waals surface area (Å²) in [6, 6.07) is 8.58. The quantitative estimate of drug-likeness (QED) is 0.729. The van der Waals surface area contributed by atoms with E-state index in [1.165, 1.54) is 37.0 Å². The van der Waals surface area contributed by atoms with Gasteiger partial charge in [0.15, 0.2) is 0 Å². The van der Waals surface area contributed by atoms with Gasteiger partial charge >= 0.3 is 0 Å². The van der Waals surface area contributed by atoms with Crippen LogP contribution in [0, 0.1) is 0 Å². The molecule has 1 aliphatic carbocycles. The molecule has 2 rings (SSSR count). The molecule has 0 aromatic heterocycles. The molecular weight excluding hydrogens is 290 g/mol. The summed E-state index contributed by atoms with van der Waals surface area (Å²) in [6.45, 7) is 5.03. The van der Waals surface area contributed by atoms with Gasteiger partial charge in [-0.3, -0.25) is 0 Å². The smallest absolute Gasteiger partial charge is 0.126 e. The highest BCUT2D eigenvalue weighted by Gasteiger charge is 2.25. The van der Waals surface area contributed by atoms with Crippen molar-refractivity contribution < 1.29 is 19.5 Å². The zero-order valence-corrected chi connectivity index (χ0v) is 14.6. The maximum absolute atomic E-state index is 10.3. The van der Waals surface area contributed by atoms with Crippen LogP contribution in [0.1, 0.15) is 44.6 Å². The van der Waals surface area contributed by atoms with Crippen molar-refractivity contribution in [3.05, 3.63) is 29.8 Å². The van der Waals surface area contributed by atoms with Crippen LogP contribution in [-0.2, 0) is 11.3 Å². The summed E-state index contributed by atoms with van der Waals surface area (Å²) in [5, 5.41) is 10.3. The summed E-state index contributed by atoms with van der Waals surface area (Å²) in [5.41, 5.74) is 1.10. The number of methoxy groups -OCH3 is 1. The molecule has 4 heteroatoms. The van der Waals surface area contributed by atoms with E-state index in [9.17, 15) is 5.11 Å². The Morgan fingerprint density at radius 3 is 2.48 bits per heavy atom. The molecule has 0 heterocycles. The summed E-state index contributed by atoms with van der Waals surface area (Å²) >= 11 is 0. The molecule has 1 aliphatic rings.